The summed E-state index contributed by atoms with van der Waals surface area (Å²) < 4.78 is 5.97. The van der Waals surface area contributed by atoms with Crippen LogP contribution in [0.4, 0.5) is 0 Å². The predicted molar refractivity (Wildman–Crippen MR) is 63.9 cm³/mol. The zero-order chi connectivity index (χ0) is 10.2. The summed E-state index contributed by atoms with van der Waals surface area (Å²) in [7, 11) is 0. The van der Waals surface area contributed by atoms with Crippen molar-refractivity contribution in [3.05, 3.63) is 0 Å². The summed E-state index contributed by atoms with van der Waals surface area (Å²) >= 11 is 2.19. The molecule has 1 aliphatic rings. The summed E-state index contributed by atoms with van der Waals surface area (Å²) in [6.07, 6.45) is 4.59. The van der Waals surface area contributed by atoms with Crippen molar-refractivity contribution in [1.82, 2.24) is 0 Å². The number of halogens is 1. The van der Waals surface area contributed by atoms with Crippen LogP contribution in [0.2, 0.25) is 0 Å². The van der Waals surface area contributed by atoms with E-state index in [1.54, 1.807) is 4.90 Å². The topological polar surface area (TPSA) is 30.7 Å². The van der Waals surface area contributed by atoms with Crippen LogP contribution < -0.4 is 4.90 Å². The van der Waals surface area contributed by atoms with Crippen LogP contribution in [0, 0.1) is 0 Å². The molecule has 0 unspecified atom stereocenters. The van der Waals surface area contributed by atoms with Crippen LogP contribution in [0.15, 0.2) is 0 Å². The maximum Gasteiger partial charge on any atom is 0.306 e. The highest BCUT2D eigenvalue weighted by Crippen LogP contribution is 1.94. The Morgan fingerprint density at radius 3 is 2.64 bits per heavy atom. The average Bonchev–Trinajstić information content (AvgIpc) is 2.20. The van der Waals surface area contributed by atoms with Gasteiger partial charge in [0.15, 0.2) is 0 Å². The molecule has 1 rings (SSSR count). The van der Waals surface area contributed by atoms with Crippen LogP contribution in [0.5, 0.6) is 0 Å². The Labute approximate surface area is 99.3 Å². The van der Waals surface area contributed by atoms with Gasteiger partial charge in [0, 0.05) is 4.43 Å². The summed E-state index contributed by atoms with van der Waals surface area (Å²) in [5.74, 6) is -0.0455. The van der Waals surface area contributed by atoms with Crippen molar-refractivity contribution in [2.24, 2.45) is 0 Å². The van der Waals surface area contributed by atoms with E-state index < -0.39 is 0 Å². The number of alkyl halides is 1. The van der Waals surface area contributed by atoms with Gasteiger partial charge in [-0.1, -0.05) is 22.6 Å². The number of hydrogen-bond acceptors (Lipinski definition) is 2. The predicted octanol–water partition coefficient (Wildman–Crippen LogP) is 0.423. The van der Waals surface area contributed by atoms with Gasteiger partial charge in [0.1, 0.15) is 13.2 Å². The molecule has 0 bridgehead atoms. The molecule has 0 atom stereocenters. The Hall–Kier alpha value is 0.160. The Morgan fingerprint density at radius 1 is 1.29 bits per heavy atom. The highest BCUT2D eigenvalue weighted by Gasteiger charge is 2.13. The number of esters is 1. The molecule has 14 heavy (non-hydrogen) atoms. The Kier molecular flexibility index (Phi) is 6.51. The summed E-state index contributed by atoms with van der Waals surface area (Å²) in [4.78, 5) is 12.6. The first-order chi connectivity index (χ1) is 6.83. The molecular weight excluding hydrogens is 293 g/mol. The molecule has 0 aromatic carbocycles. The lowest BCUT2D eigenvalue weighted by Gasteiger charge is -2.23. The number of rotatable bonds is 5. The van der Waals surface area contributed by atoms with Crippen molar-refractivity contribution < 1.29 is 14.4 Å². The second-order valence-corrected chi connectivity index (χ2v) is 4.80. The number of hydrogen-bond donors (Lipinski definition) is 1. The second-order valence-electron chi connectivity index (χ2n) is 3.72. The number of likely N-dealkylation sites (tertiary alicyclic amines) is 1. The molecule has 82 valence electrons. The summed E-state index contributed by atoms with van der Waals surface area (Å²) in [5, 5.41) is 0. The van der Waals surface area contributed by atoms with E-state index in [1.165, 1.54) is 32.4 Å². The van der Waals surface area contributed by atoms with E-state index in [-0.39, 0.29) is 5.97 Å². The van der Waals surface area contributed by atoms with Crippen LogP contribution in [0.25, 0.3) is 0 Å². The molecule has 1 aliphatic heterocycles. The first kappa shape index (κ1) is 12.2. The fraction of sp³-hybridized carbons (Fsp3) is 0.900. The molecule has 0 amide bonds. The fourth-order valence-electron chi connectivity index (χ4n) is 1.76. The molecule has 1 N–H and O–H groups in total. The van der Waals surface area contributed by atoms with Crippen molar-refractivity contribution in [3.63, 3.8) is 0 Å². The van der Waals surface area contributed by atoms with Gasteiger partial charge in [-0.25, -0.2) is 0 Å². The van der Waals surface area contributed by atoms with Gasteiger partial charge in [-0.15, -0.1) is 0 Å². The second kappa shape index (κ2) is 7.45. The standard InChI is InChI=1S/C10H18INO2/c11-5-4-10(13)14-9-8-12-6-2-1-3-7-12/h1-9H2/p+1. The monoisotopic (exact) mass is 312 g/mol. The number of nitrogens with one attached hydrogen (secondary N) is 1. The first-order valence-electron chi connectivity index (χ1n) is 5.38. The van der Waals surface area contributed by atoms with Gasteiger partial charge < -0.3 is 9.64 Å². The van der Waals surface area contributed by atoms with Crippen molar-refractivity contribution in [2.75, 3.05) is 30.7 Å². The van der Waals surface area contributed by atoms with Gasteiger partial charge >= 0.3 is 5.97 Å². The van der Waals surface area contributed by atoms with Crippen LogP contribution in [0.1, 0.15) is 25.7 Å². The summed E-state index contributed by atoms with van der Waals surface area (Å²) in [5.41, 5.74) is 0. The van der Waals surface area contributed by atoms with Crippen molar-refractivity contribution in [3.8, 4) is 0 Å². The van der Waals surface area contributed by atoms with Crippen LogP contribution >= 0.6 is 22.6 Å². The van der Waals surface area contributed by atoms with Gasteiger partial charge in [-0.2, -0.15) is 0 Å². The molecular formula is C10H19INO2+. The molecule has 4 heteroatoms. The minimum absolute atomic E-state index is 0.0455. The zero-order valence-corrected chi connectivity index (χ0v) is 10.7. The number of quaternary nitrogens is 1. The molecule has 0 radical (unpaired) electrons. The zero-order valence-electron chi connectivity index (χ0n) is 8.56. The van der Waals surface area contributed by atoms with Crippen molar-refractivity contribution >= 4 is 28.6 Å². The molecule has 0 aromatic heterocycles. The smallest absolute Gasteiger partial charge is 0.306 e. The van der Waals surface area contributed by atoms with E-state index in [0.29, 0.717) is 13.0 Å². The van der Waals surface area contributed by atoms with Gasteiger partial charge in [0.25, 0.3) is 0 Å². The van der Waals surface area contributed by atoms with Gasteiger partial charge in [0.05, 0.1) is 19.5 Å². The SMILES string of the molecule is O=C(CCI)OCC[NH+]1CCCCC1. The van der Waals surface area contributed by atoms with Crippen molar-refractivity contribution in [2.45, 2.75) is 25.7 Å². The van der Waals surface area contributed by atoms with Gasteiger partial charge in [-0.05, 0) is 19.3 Å². The molecule has 0 aromatic rings. The third-order valence-corrected chi connectivity index (χ3v) is 3.12. The Bertz CT molecular complexity index is 170. The Balaban J connectivity index is 1.99. The quantitative estimate of drug-likeness (QED) is 0.453. The highest BCUT2D eigenvalue weighted by atomic mass is 127. The van der Waals surface area contributed by atoms with Gasteiger partial charge in [0.2, 0.25) is 0 Å². The molecule has 0 spiro atoms. The number of piperidine rings is 1. The van der Waals surface area contributed by atoms with E-state index in [0.717, 1.165) is 11.0 Å². The molecule has 1 saturated heterocycles. The third kappa shape index (κ3) is 5.14. The van der Waals surface area contributed by atoms with E-state index in [2.05, 4.69) is 22.6 Å². The summed E-state index contributed by atoms with van der Waals surface area (Å²) in [6.45, 7) is 4.10. The van der Waals surface area contributed by atoms with Crippen LogP contribution in [-0.4, -0.2) is 36.6 Å². The van der Waals surface area contributed by atoms with Crippen LogP contribution in [0.3, 0.4) is 0 Å². The van der Waals surface area contributed by atoms with E-state index >= 15 is 0 Å². The normalized spacial score (nSPS) is 18.1. The lowest BCUT2D eigenvalue weighted by molar-refractivity contribution is -0.905. The third-order valence-electron chi connectivity index (χ3n) is 2.58. The lowest BCUT2D eigenvalue weighted by atomic mass is 10.1. The van der Waals surface area contributed by atoms with Crippen molar-refractivity contribution in [1.29, 1.82) is 0 Å². The molecule has 1 heterocycles. The highest BCUT2D eigenvalue weighted by molar-refractivity contribution is 14.1. The minimum atomic E-state index is -0.0455. The van der Waals surface area contributed by atoms with E-state index in [1.807, 2.05) is 0 Å². The van der Waals surface area contributed by atoms with Gasteiger partial charge in [-0.3, -0.25) is 4.79 Å². The number of carbonyl (C=O) groups is 1. The lowest BCUT2D eigenvalue weighted by Crippen LogP contribution is -3.13. The molecule has 1 fully saturated rings. The molecule has 3 nitrogen and oxygen atoms in total. The fourth-order valence-corrected chi connectivity index (χ4v) is 2.20. The first-order valence-corrected chi connectivity index (χ1v) is 6.90. The summed E-state index contributed by atoms with van der Waals surface area (Å²) in [6, 6.07) is 0. The Morgan fingerprint density at radius 2 is 2.00 bits per heavy atom. The molecule has 0 saturated carbocycles. The van der Waals surface area contributed by atoms with Crippen LogP contribution in [-0.2, 0) is 9.53 Å². The number of ether oxygens (including phenoxy) is 1. The number of carbonyl (C=O) groups excluding carboxylic acids is 1. The maximum atomic E-state index is 11.0. The maximum absolute atomic E-state index is 11.0. The van der Waals surface area contributed by atoms with E-state index in [9.17, 15) is 4.79 Å². The average molecular weight is 312 g/mol. The largest absolute Gasteiger partial charge is 0.460 e. The minimum Gasteiger partial charge on any atom is -0.460 e. The molecule has 0 aliphatic carbocycles. The van der Waals surface area contributed by atoms with E-state index in [4.69, 9.17) is 4.74 Å².